The van der Waals surface area contributed by atoms with Gasteiger partial charge in [0, 0.05) is 0 Å². The summed E-state index contributed by atoms with van der Waals surface area (Å²) in [6.07, 6.45) is 4.17. The third-order valence-corrected chi connectivity index (χ3v) is 1.45. The number of aliphatic hydroxyl groups excluding tert-OH is 1. The van der Waals surface area contributed by atoms with Gasteiger partial charge in [-0.25, -0.2) is 0 Å². The van der Waals surface area contributed by atoms with Gasteiger partial charge in [-0.15, -0.1) is 0 Å². The molecule has 0 bridgehead atoms. The molecule has 12 heavy (non-hydrogen) atoms. The highest BCUT2D eigenvalue weighted by molar-refractivity contribution is 5.67. The summed E-state index contributed by atoms with van der Waals surface area (Å²) in [5, 5.41) is 17.6. The van der Waals surface area contributed by atoms with E-state index in [1.54, 1.807) is 19.1 Å². The number of aliphatic hydroxyl groups is 1. The van der Waals surface area contributed by atoms with Crippen LogP contribution in [0.15, 0.2) is 23.8 Å². The van der Waals surface area contributed by atoms with Gasteiger partial charge in [0.25, 0.3) is 0 Å². The molecular formula is C9H14O3. The zero-order valence-electron chi connectivity index (χ0n) is 7.32. The molecule has 0 unspecified atom stereocenters. The van der Waals surface area contributed by atoms with E-state index in [2.05, 4.69) is 0 Å². The van der Waals surface area contributed by atoms with Gasteiger partial charge in [-0.05, 0) is 19.4 Å². The van der Waals surface area contributed by atoms with Crippen molar-refractivity contribution in [2.24, 2.45) is 0 Å². The van der Waals surface area contributed by atoms with E-state index in [4.69, 9.17) is 5.11 Å². The summed E-state index contributed by atoms with van der Waals surface area (Å²) in [5.41, 5.74) is 0.663. The van der Waals surface area contributed by atoms with Gasteiger partial charge in [0.15, 0.2) is 0 Å². The highest BCUT2D eigenvalue weighted by Crippen LogP contribution is 2.05. The van der Waals surface area contributed by atoms with Gasteiger partial charge < -0.3 is 10.2 Å². The predicted octanol–water partition coefficient (Wildman–Crippen LogP) is 1.34. The Balaban J connectivity index is 4.08. The van der Waals surface area contributed by atoms with Gasteiger partial charge in [-0.1, -0.05) is 18.2 Å². The van der Waals surface area contributed by atoms with Crippen molar-refractivity contribution in [1.82, 2.24) is 0 Å². The first kappa shape index (κ1) is 10.9. The van der Waals surface area contributed by atoms with Crippen molar-refractivity contribution in [2.45, 2.75) is 26.4 Å². The van der Waals surface area contributed by atoms with Crippen LogP contribution in [0.25, 0.3) is 0 Å². The van der Waals surface area contributed by atoms with Crippen LogP contribution in [-0.2, 0) is 4.79 Å². The molecule has 0 aromatic rings. The van der Waals surface area contributed by atoms with Crippen molar-refractivity contribution in [3.8, 4) is 0 Å². The van der Waals surface area contributed by atoms with E-state index < -0.39 is 12.1 Å². The van der Waals surface area contributed by atoms with Crippen molar-refractivity contribution < 1.29 is 15.0 Å². The Morgan fingerprint density at radius 1 is 1.58 bits per heavy atom. The van der Waals surface area contributed by atoms with E-state index in [-0.39, 0.29) is 6.42 Å². The second-order valence-corrected chi connectivity index (χ2v) is 2.55. The summed E-state index contributed by atoms with van der Waals surface area (Å²) in [6.45, 7) is 3.56. The quantitative estimate of drug-likeness (QED) is 0.626. The molecule has 2 N–H and O–H groups in total. The molecule has 0 aliphatic heterocycles. The van der Waals surface area contributed by atoms with E-state index >= 15 is 0 Å². The van der Waals surface area contributed by atoms with E-state index in [1.807, 2.05) is 13.0 Å². The molecule has 0 aromatic carbocycles. The number of aliphatic carboxylic acids is 1. The molecule has 0 radical (unpaired) electrons. The first-order valence-corrected chi connectivity index (χ1v) is 3.77. The third kappa shape index (κ3) is 4.68. The van der Waals surface area contributed by atoms with Crippen molar-refractivity contribution in [2.75, 3.05) is 0 Å². The van der Waals surface area contributed by atoms with Crippen LogP contribution in [-0.4, -0.2) is 22.3 Å². The zero-order chi connectivity index (χ0) is 9.56. The van der Waals surface area contributed by atoms with Gasteiger partial charge in [-0.3, -0.25) is 4.79 Å². The van der Waals surface area contributed by atoms with Gasteiger partial charge in [0.2, 0.25) is 0 Å². The van der Waals surface area contributed by atoms with Gasteiger partial charge in [0.1, 0.15) is 0 Å². The van der Waals surface area contributed by atoms with Crippen LogP contribution in [0.5, 0.6) is 0 Å². The maximum Gasteiger partial charge on any atom is 0.306 e. The van der Waals surface area contributed by atoms with Crippen molar-refractivity contribution in [3.05, 3.63) is 23.8 Å². The molecule has 0 aliphatic rings. The van der Waals surface area contributed by atoms with E-state index in [0.717, 1.165) is 0 Å². The molecule has 0 saturated carbocycles. The topological polar surface area (TPSA) is 57.5 Å². The summed E-state index contributed by atoms with van der Waals surface area (Å²) in [4.78, 5) is 10.2. The fraction of sp³-hybridized carbons (Fsp3) is 0.444. The smallest absolute Gasteiger partial charge is 0.306 e. The maximum atomic E-state index is 10.2. The van der Waals surface area contributed by atoms with Crippen molar-refractivity contribution >= 4 is 5.97 Å². The average molecular weight is 170 g/mol. The molecule has 0 rings (SSSR count). The Bertz CT molecular complexity index is 204. The number of carboxylic acids is 1. The lowest BCUT2D eigenvalue weighted by Crippen LogP contribution is -2.13. The monoisotopic (exact) mass is 170 g/mol. The predicted molar refractivity (Wildman–Crippen MR) is 46.8 cm³/mol. The Morgan fingerprint density at radius 2 is 2.17 bits per heavy atom. The summed E-state index contributed by atoms with van der Waals surface area (Å²) in [5.74, 6) is -0.990. The van der Waals surface area contributed by atoms with Crippen LogP contribution in [0, 0.1) is 0 Å². The molecule has 0 aliphatic carbocycles. The second-order valence-electron chi connectivity index (χ2n) is 2.55. The maximum absolute atomic E-state index is 10.2. The SMILES string of the molecule is C/C=C\C=C(/C)[C@H](O)CC(=O)O. The third-order valence-electron chi connectivity index (χ3n) is 1.45. The van der Waals surface area contributed by atoms with Crippen LogP contribution in [0.3, 0.4) is 0 Å². The molecule has 0 saturated heterocycles. The lowest BCUT2D eigenvalue weighted by Gasteiger charge is -2.06. The largest absolute Gasteiger partial charge is 0.481 e. The Labute approximate surface area is 72.0 Å². The molecule has 0 aromatic heterocycles. The number of hydrogen-bond donors (Lipinski definition) is 2. The molecule has 0 amide bonds. The molecule has 68 valence electrons. The summed E-state index contributed by atoms with van der Waals surface area (Å²) in [6, 6.07) is 0. The minimum absolute atomic E-state index is 0.236. The van der Waals surface area contributed by atoms with Gasteiger partial charge in [-0.2, -0.15) is 0 Å². The molecule has 1 atom stereocenters. The number of carboxylic acid groups (broad SMARTS) is 1. The molecule has 0 fully saturated rings. The Morgan fingerprint density at radius 3 is 2.58 bits per heavy atom. The molecule has 3 nitrogen and oxygen atoms in total. The zero-order valence-corrected chi connectivity index (χ0v) is 7.32. The normalized spacial score (nSPS) is 15.1. The number of hydrogen-bond acceptors (Lipinski definition) is 2. The number of allylic oxidation sites excluding steroid dienone is 3. The van der Waals surface area contributed by atoms with Crippen LogP contribution in [0.4, 0.5) is 0 Å². The lowest BCUT2D eigenvalue weighted by molar-refractivity contribution is -0.138. The Hall–Kier alpha value is -1.09. The van der Waals surface area contributed by atoms with E-state index in [9.17, 15) is 9.90 Å². The first-order valence-electron chi connectivity index (χ1n) is 3.77. The second kappa shape index (κ2) is 5.55. The standard InChI is InChI=1S/C9H14O3/c1-3-4-5-7(2)8(10)6-9(11)12/h3-5,8,10H,6H2,1-2H3,(H,11,12)/b4-3-,7-5+/t8-/m1/s1. The van der Waals surface area contributed by atoms with E-state index in [1.165, 1.54) is 0 Å². The number of rotatable bonds is 4. The molecule has 0 spiro atoms. The fourth-order valence-corrected chi connectivity index (χ4v) is 0.685. The highest BCUT2D eigenvalue weighted by Gasteiger charge is 2.09. The minimum atomic E-state index is -0.990. The minimum Gasteiger partial charge on any atom is -0.481 e. The summed E-state index contributed by atoms with van der Waals surface area (Å²) in [7, 11) is 0. The average Bonchev–Trinajstić information content (AvgIpc) is 1.98. The number of carbonyl (C=O) groups is 1. The van der Waals surface area contributed by atoms with Crippen LogP contribution < -0.4 is 0 Å². The molecule has 0 heterocycles. The van der Waals surface area contributed by atoms with Crippen LogP contribution in [0.1, 0.15) is 20.3 Å². The fourth-order valence-electron chi connectivity index (χ4n) is 0.685. The van der Waals surface area contributed by atoms with Crippen molar-refractivity contribution in [3.63, 3.8) is 0 Å². The molecular weight excluding hydrogens is 156 g/mol. The first-order chi connectivity index (χ1) is 5.57. The van der Waals surface area contributed by atoms with Gasteiger partial charge >= 0.3 is 5.97 Å². The van der Waals surface area contributed by atoms with E-state index in [0.29, 0.717) is 5.57 Å². The van der Waals surface area contributed by atoms with Crippen LogP contribution in [0.2, 0.25) is 0 Å². The Kier molecular flexibility index (Phi) is 5.04. The summed E-state index contributed by atoms with van der Waals surface area (Å²) < 4.78 is 0. The highest BCUT2D eigenvalue weighted by atomic mass is 16.4. The van der Waals surface area contributed by atoms with Gasteiger partial charge in [0.05, 0.1) is 12.5 Å². The lowest BCUT2D eigenvalue weighted by atomic mass is 10.1. The summed E-state index contributed by atoms with van der Waals surface area (Å²) >= 11 is 0. The molecule has 3 heteroatoms. The van der Waals surface area contributed by atoms with Crippen molar-refractivity contribution in [1.29, 1.82) is 0 Å². The van der Waals surface area contributed by atoms with Crippen LogP contribution >= 0.6 is 0 Å².